The van der Waals surface area contributed by atoms with Gasteiger partial charge in [0.25, 0.3) is 0 Å². The number of amides is 1. The number of nitrogens with zero attached hydrogens (tertiary/aromatic N) is 1. The van der Waals surface area contributed by atoms with Crippen molar-refractivity contribution in [1.82, 2.24) is 4.98 Å². The summed E-state index contributed by atoms with van der Waals surface area (Å²) in [6.07, 6.45) is -0.466. The van der Waals surface area contributed by atoms with Gasteiger partial charge in [0.15, 0.2) is 0 Å². The van der Waals surface area contributed by atoms with Gasteiger partial charge in [0.05, 0.1) is 25.9 Å². The quantitative estimate of drug-likeness (QED) is 0.843. The van der Waals surface area contributed by atoms with E-state index in [9.17, 15) is 4.79 Å². The second-order valence-electron chi connectivity index (χ2n) is 4.75. The molecule has 1 amide bonds. The van der Waals surface area contributed by atoms with Crippen LogP contribution in [0.5, 0.6) is 0 Å². The third kappa shape index (κ3) is 3.00. The van der Waals surface area contributed by atoms with E-state index in [1.165, 1.54) is 11.3 Å². The fourth-order valence-corrected chi connectivity index (χ4v) is 2.85. The van der Waals surface area contributed by atoms with Gasteiger partial charge in [0.2, 0.25) is 0 Å². The maximum absolute atomic E-state index is 11.7. The number of anilines is 1. The molecular formula is C12H13BrN2O2S. The van der Waals surface area contributed by atoms with Gasteiger partial charge in [-0.2, -0.15) is 0 Å². The van der Waals surface area contributed by atoms with Gasteiger partial charge in [-0.15, -0.1) is 11.3 Å². The third-order valence-corrected chi connectivity index (χ3v) is 4.02. The lowest BCUT2D eigenvalue weighted by Gasteiger charge is -2.20. The molecule has 1 aromatic carbocycles. The Balaban J connectivity index is 2.21. The first-order chi connectivity index (χ1) is 8.37. The van der Waals surface area contributed by atoms with Crippen LogP contribution in [0, 0.1) is 0 Å². The number of nitrogens with one attached hydrogen (secondary N) is 1. The first-order valence-corrected chi connectivity index (χ1v) is 7.06. The van der Waals surface area contributed by atoms with E-state index in [0.717, 1.165) is 14.7 Å². The number of thiazole rings is 1. The molecule has 18 heavy (non-hydrogen) atoms. The van der Waals surface area contributed by atoms with Gasteiger partial charge in [0, 0.05) is 0 Å². The van der Waals surface area contributed by atoms with Crippen molar-refractivity contribution in [2.45, 2.75) is 26.4 Å². The highest BCUT2D eigenvalue weighted by atomic mass is 79.9. The maximum atomic E-state index is 11.7. The molecule has 0 saturated heterocycles. The van der Waals surface area contributed by atoms with Crippen LogP contribution in [0.4, 0.5) is 10.5 Å². The molecule has 0 atom stereocenters. The summed E-state index contributed by atoms with van der Waals surface area (Å²) in [5.41, 5.74) is 2.85. The van der Waals surface area contributed by atoms with Crippen molar-refractivity contribution in [2.24, 2.45) is 0 Å². The molecule has 0 aliphatic heterocycles. The predicted octanol–water partition coefficient (Wildman–Crippen LogP) is 4.41. The Morgan fingerprint density at radius 2 is 2.17 bits per heavy atom. The molecule has 0 aliphatic carbocycles. The van der Waals surface area contributed by atoms with Gasteiger partial charge in [-0.1, -0.05) is 0 Å². The molecule has 4 nitrogen and oxygen atoms in total. The molecule has 0 aliphatic rings. The molecule has 0 spiro atoms. The summed E-state index contributed by atoms with van der Waals surface area (Å²) in [4.78, 5) is 15.9. The molecule has 0 saturated carbocycles. The van der Waals surface area contributed by atoms with Gasteiger partial charge < -0.3 is 4.74 Å². The molecule has 0 bridgehead atoms. The van der Waals surface area contributed by atoms with Crippen LogP contribution < -0.4 is 5.32 Å². The van der Waals surface area contributed by atoms with Gasteiger partial charge in [-0.3, -0.25) is 5.32 Å². The number of halogens is 1. The summed E-state index contributed by atoms with van der Waals surface area (Å²) in [6.45, 7) is 5.48. The molecular weight excluding hydrogens is 316 g/mol. The molecule has 1 aromatic heterocycles. The van der Waals surface area contributed by atoms with Crippen molar-refractivity contribution in [3.63, 3.8) is 0 Å². The van der Waals surface area contributed by atoms with Crippen LogP contribution in [0.2, 0.25) is 0 Å². The number of hydrogen-bond acceptors (Lipinski definition) is 4. The van der Waals surface area contributed by atoms with Crippen LogP contribution in [0.25, 0.3) is 10.2 Å². The minimum Gasteiger partial charge on any atom is -0.444 e. The summed E-state index contributed by atoms with van der Waals surface area (Å²) in [5.74, 6) is 0. The fraction of sp³-hybridized carbons (Fsp3) is 0.333. The Kier molecular flexibility index (Phi) is 3.59. The molecule has 2 rings (SSSR count). The van der Waals surface area contributed by atoms with Crippen LogP contribution in [0.3, 0.4) is 0 Å². The van der Waals surface area contributed by atoms with Crippen molar-refractivity contribution in [3.8, 4) is 0 Å². The van der Waals surface area contributed by atoms with Crippen LogP contribution >= 0.6 is 27.3 Å². The van der Waals surface area contributed by atoms with Gasteiger partial charge >= 0.3 is 6.09 Å². The van der Waals surface area contributed by atoms with Crippen LogP contribution in [0.1, 0.15) is 20.8 Å². The van der Waals surface area contributed by atoms with Gasteiger partial charge in [0.1, 0.15) is 5.60 Å². The number of aromatic nitrogens is 1. The average molecular weight is 329 g/mol. The highest BCUT2D eigenvalue weighted by molar-refractivity contribution is 9.10. The molecule has 1 heterocycles. The Morgan fingerprint density at radius 3 is 2.83 bits per heavy atom. The number of carbonyl (C=O) groups is 1. The maximum Gasteiger partial charge on any atom is 0.412 e. The number of benzene rings is 1. The van der Waals surface area contributed by atoms with E-state index in [0.29, 0.717) is 5.69 Å². The van der Waals surface area contributed by atoms with E-state index < -0.39 is 11.7 Å². The van der Waals surface area contributed by atoms with Gasteiger partial charge in [-0.25, -0.2) is 9.78 Å². The van der Waals surface area contributed by atoms with E-state index in [4.69, 9.17) is 4.74 Å². The van der Waals surface area contributed by atoms with Crippen LogP contribution in [-0.2, 0) is 4.74 Å². The SMILES string of the molecule is CC(C)(C)OC(=O)Nc1ccc2ncsc2c1Br. The average Bonchev–Trinajstić information content (AvgIpc) is 2.68. The van der Waals surface area contributed by atoms with E-state index >= 15 is 0 Å². The van der Waals surface area contributed by atoms with E-state index in [1.54, 1.807) is 11.6 Å². The number of fused-ring (bicyclic) bond motifs is 1. The minimum atomic E-state index is -0.509. The van der Waals surface area contributed by atoms with Crippen molar-refractivity contribution >= 4 is 49.3 Å². The molecule has 2 aromatic rings. The smallest absolute Gasteiger partial charge is 0.412 e. The number of rotatable bonds is 1. The molecule has 1 N–H and O–H groups in total. The van der Waals surface area contributed by atoms with Crippen molar-refractivity contribution in [3.05, 3.63) is 22.1 Å². The monoisotopic (exact) mass is 328 g/mol. The largest absolute Gasteiger partial charge is 0.444 e. The molecule has 0 unspecified atom stereocenters. The lowest BCUT2D eigenvalue weighted by molar-refractivity contribution is 0.0636. The summed E-state index contributed by atoms with van der Waals surface area (Å²) in [7, 11) is 0. The Hall–Kier alpha value is -1.14. The third-order valence-electron chi connectivity index (χ3n) is 2.07. The number of ether oxygens (including phenoxy) is 1. The summed E-state index contributed by atoms with van der Waals surface area (Å²) < 4.78 is 7.04. The lowest BCUT2D eigenvalue weighted by Crippen LogP contribution is -2.27. The van der Waals surface area contributed by atoms with E-state index in [-0.39, 0.29) is 0 Å². The number of carbonyl (C=O) groups excluding carboxylic acids is 1. The first kappa shape index (κ1) is 13.3. The molecule has 0 radical (unpaired) electrons. The Bertz CT molecular complexity index is 589. The normalized spacial score (nSPS) is 11.6. The predicted molar refractivity (Wildman–Crippen MR) is 77.2 cm³/mol. The molecule has 96 valence electrons. The summed E-state index contributed by atoms with van der Waals surface area (Å²) in [5, 5.41) is 2.72. The second-order valence-corrected chi connectivity index (χ2v) is 6.40. The molecule has 0 fully saturated rings. The first-order valence-electron chi connectivity index (χ1n) is 5.38. The zero-order valence-electron chi connectivity index (χ0n) is 10.3. The number of hydrogen-bond donors (Lipinski definition) is 1. The standard InChI is InChI=1S/C12H13BrN2O2S/c1-12(2,3)17-11(16)15-7-4-5-8-10(9(7)13)18-6-14-8/h4-6H,1-3H3,(H,15,16). The van der Waals surface area contributed by atoms with Crippen molar-refractivity contribution in [2.75, 3.05) is 5.32 Å². The Morgan fingerprint density at radius 1 is 1.44 bits per heavy atom. The topological polar surface area (TPSA) is 51.2 Å². The fourth-order valence-electron chi connectivity index (χ4n) is 1.41. The zero-order chi connectivity index (χ0) is 13.3. The lowest BCUT2D eigenvalue weighted by atomic mass is 10.2. The van der Waals surface area contributed by atoms with Crippen molar-refractivity contribution in [1.29, 1.82) is 0 Å². The summed E-state index contributed by atoms with van der Waals surface area (Å²) >= 11 is 4.99. The van der Waals surface area contributed by atoms with E-state index in [1.807, 2.05) is 26.8 Å². The van der Waals surface area contributed by atoms with Gasteiger partial charge in [-0.05, 0) is 48.8 Å². The second kappa shape index (κ2) is 4.85. The zero-order valence-corrected chi connectivity index (χ0v) is 12.7. The van der Waals surface area contributed by atoms with Crippen LogP contribution in [-0.4, -0.2) is 16.7 Å². The summed E-state index contributed by atoms with van der Waals surface area (Å²) in [6, 6.07) is 3.67. The highest BCUT2D eigenvalue weighted by Crippen LogP contribution is 2.33. The Labute approximate surface area is 117 Å². The van der Waals surface area contributed by atoms with E-state index in [2.05, 4.69) is 26.2 Å². The van der Waals surface area contributed by atoms with Crippen molar-refractivity contribution < 1.29 is 9.53 Å². The molecule has 6 heteroatoms. The minimum absolute atomic E-state index is 0.466. The highest BCUT2D eigenvalue weighted by Gasteiger charge is 2.17. The van der Waals surface area contributed by atoms with Crippen LogP contribution in [0.15, 0.2) is 22.1 Å².